The van der Waals surface area contributed by atoms with Crippen LogP contribution >= 0.6 is 0 Å². The molecule has 2 nitrogen and oxygen atoms in total. The Kier molecular flexibility index (Phi) is 2.97. The monoisotopic (exact) mass is 287 g/mol. The Morgan fingerprint density at radius 3 is 2.23 bits per heavy atom. The average Bonchev–Trinajstić information content (AvgIpc) is 2.74. The van der Waals surface area contributed by atoms with Crippen molar-refractivity contribution in [2.24, 2.45) is 0 Å². The Balaban J connectivity index is 2.14. The van der Waals surface area contributed by atoms with Crippen molar-refractivity contribution in [1.82, 2.24) is 0 Å². The first-order valence-electron chi connectivity index (χ1n) is 7.36. The highest BCUT2D eigenvalue weighted by Gasteiger charge is 2.11. The van der Waals surface area contributed by atoms with E-state index in [0.717, 1.165) is 10.8 Å². The molecule has 2 aromatic rings. The molecular formula is C20H15O2. The van der Waals surface area contributed by atoms with E-state index in [1.807, 2.05) is 6.42 Å². The standard InChI is InChI=1S/C20H15O2/c1-13(21)22-12-17-9-8-16-7-6-14-4-2-3-5-15-10-11-18(17)20(16)19(14)15/h2-11H,12H2,1H3. The number of carbonyl (C=O) groups is 1. The predicted octanol–water partition coefficient (Wildman–Crippen LogP) is 0.683. The van der Waals surface area contributed by atoms with Crippen molar-refractivity contribution in [3.8, 4) is 0 Å². The van der Waals surface area contributed by atoms with Gasteiger partial charge in [-0.25, -0.2) is 0 Å². The lowest BCUT2D eigenvalue weighted by Gasteiger charge is -2.13. The van der Waals surface area contributed by atoms with E-state index in [9.17, 15) is 4.79 Å². The molecule has 2 aromatic carbocycles. The van der Waals surface area contributed by atoms with Crippen LogP contribution in [0.5, 0.6) is 0 Å². The minimum absolute atomic E-state index is 0.253. The van der Waals surface area contributed by atoms with E-state index < -0.39 is 0 Å². The molecule has 0 amide bonds. The van der Waals surface area contributed by atoms with Crippen LogP contribution in [0.15, 0.2) is 36.4 Å². The highest BCUT2D eigenvalue weighted by atomic mass is 16.5. The Hall–Kier alpha value is -2.61. The van der Waals surface area contributed by atoms with Crippen LogP contribution in [0, 0.1) is 6.42 Å². The Labute approximate surface area is 128 Å². The molecule has 0 saturated heterocycles. The van der Waals surface area contributed by atoms with Crippen molar-refractivity contribution in [3.05, 3.63) is 63.7 Å². The van der Waals surface area contributed by atoms with Gasteiger partial charge >= 0.3 is 5.97 Å². The zero-order chi connectivity index (χ0) is 15.1. The predicted molar refractivity (Wildman–Crippen MR) is 89.3 cm³/mol. The second kappa shape index (κ2) is 4.99. The maximum absolute atomic E-state index is 11.1. The van der Waals surface area contributed by atoms with Crippen LogP contribution in [-0.2, 0) is 9.53 Å². The molecule has 2 heteroatoms. The van der Waals surface area contributed by atoms with Gasteiger partial charge in [-0.3, -0.25) is 4.79 Å². The molecule has 4 rings (SSSR count). The van der Waals surface area contributed by atoms with Crippen LogP contribution in [0.1, 0.15) is 6.92 Å². The quantitative estimate of drug-likeness (QED) is 0.760. The lowest BCUT2D eigenvalue weighted by Crippen LogP contribution is -2.29. The highest BCUT2D eigenvalue weighted by Crippen LogP contribution is 2.09. The Morgan fingerprint density at radius 1 is 0.909 bits per heavy atom. The summed E-state index contributed by atoms with van der Waals surface area (Å²) in [5.41, 5.74) is 1.05. The maximum atomic E-state index is 11.1. The fourth-order valence-corrected chi connectivity index (χ4v) is 3.16. The van der Waals surface area contributed by atoms with Gasteiger partial charge in [-0.1, -0.05) is 54.6 Å². The largest absolute Gasteiger partial charge is 0.461 e. The van der Waals surface area contributed by atoms with Gasteiger partial charge in [-0.15, -0.1) is 0 Å². The maximum Gasteiger partial charge on any atom is 0.302 e. The van der Waals surface area contributed by atoms with Gasteiger partial charge in [0.05, 0.1) is 0 Å². The molecular weight excluding hydrogens is 272 g/mol. The van der Waals surface area contributed by atoms with Crippen molar-refractivity contribution in [2.45, 2.75) is 6.92 Å². The smallest absolute Gasteiger partial charge is 0.302 e. The molecule has 0 aliphatic heterocycles. The Morgan fingerprint density at radius 2 is 1.55 bits per heavy atom. The number of hydrogen-bond acceptors (Lipinski definition) is 2. The molecule has 0 aromatic heterocycles. The SMILES string of the molecule is CC(=O)OCC1=c2ccc3c4c(ccc(c24)=C[CH]1)=CC=CC=3. The van der Waals surface area contributed by atoms with Crippen LogP contribution in [0.2, 0.25) is 0 Å². The summed E-state index contributed by atoms with van der Waals surface area (Å²) in [5.74, 6) is -0.253. The number of ether oxygens (including phenoxy) is 1. The van der Waals surface area contributed by atoms with Crippen molar-refractivity contribution in [1.29, 1.82) is 0 Å². The first-order valence-corrected chi connectivity index (χ1v) is 7.36. The van der Waals surface area contributed by atoms with Crippen LogP contribution in [0.4, 0.5) is 0 Å². The van der Waals surface area contributed by atoms with Crippen molar-refractivity contribution < 1.29 is 9.53 Å². The van der Waals surface area contributed by atoms with E-state index in [2.05, 4.69) is 54.6 Å². The van der Waals surface area contributed by atoms with E-state index in [1.54, 1.807) is 0 Å². The van der Waals surface area contributed by atoms with E-state index >= 15 is 0 Å². The van der Waals surface area contributed by atoms with E-state index in [4.69, 9.17) is 4.74 Å². The molecule has 22 heavy (non-hydrogen) atoms. The zero-order valence-electron chi connectivity index (χ0n) is 12.3. The molecule has 107 valence electrons. The summed E-state index contributed by atoms with van der Waals surface area (Å²) in [6.45, 7) is 1.76. The third kappa shape index (κ3) is 2.00. The summed E-state index contributed by atoms with van der Waals surface area (Å²) in [6.07, 6.45) is 12.6. The average molecular weight is 287 g/mol. The fourth-order valence-electron chi connectivity index (χ4n) is 3.16. The van der Waals surface area contributed by atoms with Crippen LogP contribution in [-0.4, -0.2) is 12.6 Å². The summed E-state index contributed by atoms with van der Waals surface area (Å²) in [6, 6.07) is 8.58. The fraction of sp³-hybridized carbons (Fsp3) is 0.100. The summed E-state index contributed by atoms with van der Waals surface area (Å²) in [4.78, 5) is 11.1. The molecule has 1 radical (unpaired) electrons. The number of allylic oxidation sites excluding steroid dienone is 2. The number of esters is 1. The van der Waals surface area contributed by atoms with E-state index in [1.165, 1.54) is 33.4 Å². The van der Waals surface area contributed by atoms with Crippen LogP contribution in [0.25, 0.3) is 34.6 Å². The minimum Gasteiger partial charge on any atom is -0.461 e. The summed E-state index contributed by atoms with van der Waals surface area (Å²) >= 11 is 0. The molecule has 2 aliphatic rings. The third-order valence-electron chi connectivity index (χ3n) is 4.16. The van der Waals surface area contributed by atoms with Gasteiger partial charge in [0.25, 0.3) is 0 Å². The van der Waals surface area contributed by atoms with Gasteiger partial charge < -0.3 is 4.74 Å². The number of rotatable bonds is 2. The van der Waals surface area contributed by atoms with Gasteiger partial charge in [0.2, 0.25) is 0 Å². The number of carbonyl (C=O) groups excluding carboxylic acids is 1. The first kappa shape index (κ1) is 13.1. The number of benzene rings is 2. The van der Waals surface area contributed by atoms with Crippen molar-refractivity contribution in [3.63, 3.8) is 0 Å². The second-order valence-electron chi connectivity index (χ2n) is 5.55. The molecule has 0 N–H and O–H groups in total. The topological polar surface area (TPSA) is 26.3 Å². The van der Waals surface area contributed by atoms with Gasteiger partial charge in [-0.05, 0) is 37.2 Å². The van der Waals surface area contributed by atoms with E-state index in [-0.39, 0.29) is 5.97 Å². The van der Waals surface area contributed by atoms with E-state index in [0.29, 0.717) is 6.61 Å². The minimum atomic E-state index is -0.253. The van der Waals surface area contributed by atoms with Gasteiger partial charge in [-0.2, -0.15) is 0 Å². The highest BCUT2D eigenvalue weighted by molar-refractivity contribution is 5.93. The van der Waals surface area contributed by atoms with Crippen molar-refractivity contribution in [2.75, 3.05) is 6.61 Å². The van der Waals surface area contributed by atoms with Gasteiger partial charge in [0, 0.05) is 13.3 Å². The number of hydrogen-bond donors (Lipinski definition) is 0. The molecule has 0 unspecified atom stereocenters. The van der Waals surface area contributed by atoms with Crippen LogP contribution < -0.4 is 20.9 Å². The third-order valence-corrected chi connectivity index (χ3v) is 4.16. The summed E-state index contributed by atoms with van der Waals surface area (Å²) < 4.78 is 5.20. The second-order valence-corrected chi connectivity index (χ2v) is 5.55. The molecule has 2 aliphatic carbocycles. The normalized spacial score (nSPS) is 14.7. The van der Waals surface area contributed by atoms with Gasteiger partial charge in [0.15, 0.2) is 0 Å². The molecule has 0 fully saturated rings. The summed E-state index contributed by atoms with van der Waals surface area (Å²) in [5, 5.41) is 7.33. The lowest BCUT2D eigenvalue weighted by atomic mass is 9.94. The molecule has 0 spiro atoms. The molecule has 0 atom stereocenters. The first-order chi connectivity index (χ1) is 10.7. The molecule has 0 heterocycles. The van der Waals surface area contributed by atoms with Gasteiger partial charge in [0.1, 0.15) is 6.61 Å². The van der Waals surface area contributed by atoms with Crippen molar-refractivity contribution >= 4 is 40.5 Å². The zero-order valence-corrected chi connectivity index (χ0v) is 12.3. The molecule has 0 bridgehead atoms. The molecule has 0 saturated carbocycles. The van der Waals surface area contributed by atoms with Crippen LogP contribution in [0.3, 0.4) is 0 Å². The Bertz CT molecular complexity index is 1050. The summed E-state index contributed by atoms with van der Waals surface area (Å²) in [7, 11) is 0. The lowest BCUT2D eigenvalue weighted by molar-refractivity contribution is -0.139.